The number of hydrogen-bond acceptors (Lipinski definition) is 9. The number of hydrogen-bond donors (Lipinski definition) is 8. The van der Waals surface area contributed by atoms with E-state index in [1.54, 1.807) is 18.2 Å². The summed E-state index contributed by atoms with van der Waals surface area (Å²) in [6.07, 6.45) is -0.0106. The second kappa shape index (κ2) is 11.1. The van der Waals surface area contributed by atoms with Crippen LogP contribution in [0.3, 0.4) is 0 Å². The minimum absolute atomic E-state index is 0.0431. The molecule has 1 heterocycles. The molecule has 0 radical (unpaired) electrons. The Hall–Kier alpha value is -2.55. The zero-order valence-electron chi connectivity index (χ0n) is 18.9. The van der Waals surface area contributed by atoms with Gasteiger partial charge in [0.2, 0.25) is 17.7 Å². The number of rotatable bonds is 11. The molecule has 1 aliphatic rings. The van der Waals surface area contributed by atoms with Gasteiger partial charge in [0.15, 0.2) is 0 Å². The van der Waals surface area contributed by atoms with Crippen molar-refractivity contribution in [2.75, 3.05) is 31.5 Å². The van der Waals surface area contributed by atoms with Gasteiger partial charge in [0.25, 0.3) is 0 Å². The Morgan fingerprint density at radius 1 is 1.18 bits per heavy atom. The lowest BCUT2D eigenvalue weighted by atomic mass is 9.78. The minimum Gasteiger partial charge on any atom is -0.423 e. The predicted octanol–water partition coefficient (Wildman–Crippen LogP) is -3.43. The van der Waals surface area contributed by atoms with E-state index in [0.29, 0.717) is 11.2 Å². The van der Waals surface area contributed by atoms with Gasteiger partial charge < -0.3 is 47.9 Å². The highest BCUT2D eigenvalue weighted by molar-refractivity contribution is 6.62. The monoisotopic (exact) mass is 464 g/mol. The third-order valence-electron chi connectivity index (χ3n) is 5.47. The van der Waals surface area contributed by atoms with Gasteiger partial charge in [0.05, 0.1) is 18.2 Å². The zero-order valence-corrected chi connectivity index (χ0v) is 18.9. The first-order chi connectivity index (χ1) is 15.4. The molecule has 1 aliphatic heterocycles. The minimum atomic E-state index is -1.39. The first-order valence-electron chi connectivity index (χ1n) is 10.6. The molecule has 0 fully saturated rings. The molecule has 11 N–H and O–H groups in total. The number of fused-ring (bicyclic) bond motifs is 1. The Labute approximate surface area is 192 Å². The first kappa shape index (κ1) is 26.7. The molecule has 12 nitrogen and oxygen atoms in total. The van der Waals surface area contributed by atoms with Gasteiger partial charge in [0, 0.05) is 31.7 Å². The number of benzene rings is 1. The number of amides is 3. The molecule has 0 saturated heterocycles. The van der Waals surface area contributed by atoms with Crippen LogP contribution in [0.15, 0.2) is 18.2 Å². The summed E-state index contributed by atoms with van der Waals surface area (Å²) < 4.78 is 5.49. The number of carbonyl (C=O) groups excluding carboxylic acids is 3. The fourth-order valence-electron chi connectivity index (χ4n) is 3.30. The van der Waals surface area contributed by atoms with Crippen LogP contribution >= 0.6 is 0 Å². The van der Waals surface area contributed by atoms with Crippen molar-refractivity contribution in [3.05, 3.63) is 23.8 Å². The van der Waals surface area contributed by atoms with Crippen molar-refractivity contribution in [1.82, 2.24) is 10.6 Å². The number of aliphatic hydroxyl groups is 1. The van der Waals surface area contributed by atoms with E-state index in [1.165, 1.54) is 0 Å². The van der Waals surface area contributed by atoms with Crippen LogP contribution in [0.1, 0.15) is 32.3 Å². The average Bonchev–Trinajstić information content (AvgIpc) is 3.01. The van der Waals surface area contributed by atoms with Gasteiger partial charge >= 0.3 is 7.12 Å². The summed E-state index contributed by atoms with van der Waals surface area (Å²) in [5.41, 5.74) is 16.4. The molecule has 0 bridgehead atoms. The predicted molar refractivity (Wildman–Crippen MR) is 123 cm³/mol. The number of carbonyl (C=O) groups is 3. The Balaban J connectivity index is 1.75. The quantitative estimate of drug-likeness (QED) is 0.153. The molecule has 1 aromatic carbocycles. The lowest BCUT2D eigenvalue weighted by Crippen LogP contribution is -2.53. The van der Waals surface area contributed by atoms with E-state index in [9.17, 15) is 24.5 Å². The standard InChI is InChI=1S/C20H33BN6O6/c1-19(2)13-4-3-12(7-14(13)21(32)33-19)27-17(29)8-25-18(30)15(24)5-6-16(28)26-11-20(31,9-22)10-23/h3-4,7,15,31-32H,5-6,8-11,22-24H2,1-2H3,(H,25,30)(H,26,28)(H,27,29). The molecular weight excluding hydrogens is 431 g/mol. The van der Waals surface area contributed by atoms with Crippen molar-refractivity contribution in [3.63, 3.8) is 0 Å². The van der Waals surface area contributed by atoms with Crippen molar-refractivity contribution in [3.8, 4) is 0 Å². The summed E-state index contributed by atoms with van der Waals surface area (Å²) in [7, 11) is -1.08. The van der Waals surface area contributed by atoms with E-state index in [1.807, 2.05) is 13.8 Å². The third kappa shape index (κ3) is 7.22. The Bertz CT molecular complexity index is 879. The normalized spacial score (nSPS) is 15.5. The van der Waals surface area contributed by atoms with Crippen LogP contribution in [-0.4, -0.2) is 72.8 Å². The van der Waals surface area contributed by atoms with E-state index in [0.717, 1.165) is 5.56 Å². The summed E-state index contributed by atoms with van der Waals surface area (Å²) in [5.74, 6) is -1.48. The molecule has 1 atom stereocenters. The molecule has 0 aromatic heterocycles. The number of nitrogens with two attached hydrogens (primary N) is 3. The van der Waals surface area contributed by atoms with Crippen molar-refractivity contribution in [2.24, 2.45) is 17.2 Å². The fourth-order valence-corrected chi connectivity index (χ4v) is 3.30. The van der Waals surface area contributed by atoms with Crippen molar-refractivity contribution in [2.45, 2.75) is 43.9 Å². The molecule has 2 rings (SSSR count). The van der Waals surface area contributed by atoms with Crippen LogP contribution in [0.4, 0.5) is 5.69 Å². The van der Waals surface area contributed by atoms with Crippen LogP contribution < -0.4 is 38.6 Å². The molecule has 1 unspecified atom stereocenters. The van der Waals surface area contributed by atoms with E-state index < -0.39 is 42.1 Å². The van der Waals surface area contributed by atoms with Crippen LogP contribution in [0.5, 0.6) is 0 Å². The SMILES string of the molecule is CC1(C)OB(O)c2cc(NC(=O)CNC(=O)C(N)CCC(=O)NCC(O)(CN)CN)ccc21. The second-order valence-corrected chi connectivity index (χ2v) is 8.60. The van der Waals surface area contributed by atoms with E-state index in [4.69, 9.17) is 21.9 Å². The van der Waals surface area contributed by atoms with Crippen molar-refractivity contribution in [1.29, 1.82) is 0 Å². The van der Waals surface area contributed by atoms with Crippen LogP contribution in [0, 0.1) is 0 Å². The molecule has 33 heavy (non-hydrogen) atoms. The molecule has 13 heteroatoms. The summed E-state index contributed by atoms with van der Waals surface area (Å²) in [4.78, 5) is 36.2. The van der Waals surface area contributed by atoms with Gasteiger partial charge in [-0.1, -0.05) is 6.07 Å². The largest absolute Gasteiger partial charge is 0.492 e. The van der Waals surface area contributed by atoms with E-state index >= 15 is 0 Å². The molecule has 0 spiro atoms. The van der Waals surface area contributed by atoms with E-state index in [-0.39, 0.29) is 39.0 Å². The maximum absolute atomic E-state index is 12.2. The van der Waals surface area contributed by atoms with Gasteiger partial charge in [-0.25, -0.2) is 0 Å². The van der Waals surface area contributed by atoms with Crippen molar-refractivity contribution >= 4 is 36.0 Å². The highest BCUT2D eigenvalue weighted by Gasteiger charge is 2.40. The topological polar surface area (TPSA) is 215 Å². The molecule has 3 amide bonds. The first-order valence-corrected chi connectivity index (χ1v) is 10.6. The molecule has 0 saturated carbocycles. The van der Waals surface area contributed by atoms with Crippen LogP contribution in [-0.2, 0) is 24.6 Å². The maximum Gasteiger partial charge on any atom is 0.492 e. The third-order valence-corrected chi connectivity index (χ3v) is 5.47. The smallest absolute Gasteiger partial charge is 0.423 e. The molecule has 1 aromatic rings. The second-order valence-electron chi connectivity index (χ2n) is 8.60. The van der Waals surface area contributed by atoms with Gasteiger partial charge in [-0.05, 0) is 43.4 Å². The summed E-state index contributed by atoms with van der Waals surface area (Å²) in [5, 5.41) is 27.5. The Kier molecular flexibility index (Phi) is 8.94. The van der Waals surface area contributed by atoms with Gasteiger partial charge in [-0.3, -0.25) is 14.4 Å². The number of nitrogens with one attached hydrogen (secondary N) is 3. The van der Waals surface area contributed by atoms with Gasteiger partial charge in [0.1, 0.15) is 5.60 Å². The van der Waals surface area contributed by atoms with Crippen LogP contribution in [0.2, 0.25) is 0 Å². The number of anilines is 1. The van der Waals surface area contributed by atoms with Crippen molar-refractivity contribution < 1.29 is 29.2 Å². The fraction of sp³-hybridized carbons (Fsp3) is 0.550. The highest BCUT2D eigenvalue weighted by Crippen LogP contribution is 2.30. The van der Waals surface area contributed by atoms with Gasteiger partial charge in [-0.2, -0.15) is 0 Å². The molecule has 0 aliphatic carbocycles. The zero-order chi connectivity index (χ0) is 24.8. The summed E-state index contributed by atoms with van der Waals surface area (Å²) in [6, 6.07) is 4.07. The van der Waals surface area contributed by atoms with E-state index in [2.05, 4.69) is 16.0 Å². The Morgan fingerprint density at radius 3 is 2.48 bits per heavy atom. The average molecular weight is 464 g/mol. The lowest BCUT2D eigenvalue weighted by Gasteiger charge is -2.24. The summed E-state index contributed by atoms with van der Waals surface area (Å²) in [6.45, 7) is 3.03. The highest BCUT2D eigenvalue weighted by atomic mass is 16.5. The Morgan fingerprint density at radius 2 is 1.85 bits per heavy atom. The maximum atomic E-state index is 12.2. The molecule has 182 valence electrons. The van der Waals surface area contributed by atoms with Gasteiger partial charge in [-0.15, -0.1) is 0 Å². The van der Waals surface area contributed by atoms with Crippen LogP contribution in [0.25, 0.3) is 0 Å². The molecular formula is C20H33BN6O6. The summed E-state index contributed by atoms with van der Waals surface area (Å²) >= 11 is 0. The lowest BCUT2D eigenvalue weighted by molar-refractivity contribution is -0.126.